The fourth-order valence-electron chi connectivity index (χ4n) is 2.92. The van der Waals surface area contributed by atoms with E-state index in [9.17, 15) is 14.3 Å². The van der Waals surface area contributed by atoms with Crippen molar-refractivity contribution in [2.24, 2.45) is 5.73 Å². The second-order valence-electron chi connectivity index (χ2n) is 5.98. The largest absolute Gasteiger partial charge is 0.508 e. The smallest absolute Gasteiger partial charge is 0.251 e. The highest BCUT2D eigenvalue weighted by Gasteiger charge is 2.13. The van der Waals surface area contributed by atoms with Crippen LogP contribution in [0.5, 0.6) is 5.75 Å². The molecule has 0 atom stereocenters. The predicted molar refractivity (Wildman–Crippen MR) is 119 cm³/mol. The lowest BCUT2D eigenvalue weighted by Crippen LogP contribution is -2.13. The Hall–Kier alpha value is -4.20. The quantitative estimate of drug-likeness (QED) is 0.419. The zero-order chi connectivity index (χ0) is 23.0. The molecule has 0 radical (unpaired) electrons. The molecule has 0 saturated heterocycles. The van der Waals surface area contributed by atoms with Crippen molar-refractivity contribution >= 4 is 29.7 Å². The van der Waals surface area contributed by atoms with Gasteiger partial charge in [0.15, 0.2) is 5.65 Å². The molecule has 160 valence electrons. The van der Waals surface area contributed by atoms with Crippen LogP contribution in [0.3, 0.4) is 0 Å². The number of anilines is 2. The van der Waals surface area contributed by atoms with E-state index in [1.54, 1.807) is 42.7 Å². The Morgan fingerprint density at radius 1 is 1.10 bits per heavy atom. The van der Waals surface area contributed by atoms with Crippen LogP contribution in [0.15, 0.2) is 67.0 Å². The van der Waals surface area contributed by atoms with Gasteiger partial charge in [-0.2, -0.15) is 0 Å². The molecule has 4 aromatic rings. The number of hydrogen-bond acceptors (Lipinski definition) is 5. The van der Waals surface area contributed by atoms with Crippen molar-refractivity contribution in [1.82, 2.24) is 9.38 Å². The monoisotopic (exact) mass is 422 g/mol. The highest BCUT2D eigenvalue weighted by Crippen LogP contribution is 2.28. The molecule has 4 N–H and O–H groups in total. The van der Waals surface area contributed by atoms with E-state index in [0.29, 0.717) is 16.9 Å². The third-order valence-corrected chi connectivity index (χ3v) is 4.23. The van der Waals surface area contributed by atoms with Crippen LogP contribution < -0.4 is 11.1 Å². The summed E-state index contributed by atoms with van der Waals surface area (Å²) >= 11 is 0. The number of nitrogens with one attached hydrogen (secondary N) is 1. The first-order valence-corrected chi connectivity index (χ1v) is 9.43. The maximum Gasteiger partial charge on any atom is 0.251 e. The summed E-state index contributed by atoms with van der Waals surface area (Å²) in [5, 5.41) is 12.6. The number of rotatable bonds is 4. The van der Waals surface area contributed by atoms with Gasteiger partial charge in [0.2, 0.25) is 0 Å². The van der Waals surface area contributed by atoms with E-state index >= 15 is 0 Å². The molecule has 7 nitrogen and oxygen atoms in total. The number of carbonyl (C=O) groups is 2. The Bertz CT molecular complexity index is 1170. The molecule has 4 rings (SSSR count). The number of nitrogens with zero attached hydrogens (tertiary/aromatic N) is 2. The summed E-state index contributed by atoms with van der Waals surface area (Å²) in [6.07, 6.45) is 3.42. The number of aromatic hydroxyl groups is 1. The molecule has 0 aliphatic carbocycles. The molecule has 0 saturated carbocycles. The molecule has 2 aromatic heterocycles. The minimum absolute atomic E-state index is 0.147. The van der Waals surface area contributed by atoms with Crippen molar-refractivity contribution in [3.05, 3.63) is 78.4 Å². The van der Waals surface area contributed by atoms with Gasteiger partial charge < -0.3 is 21.0 Å². The summed E-state index contributed by atoms with van der Waals surface area (Å²) in [6.45, 7) is 6.00. The molecule has 0 aliphatic rings. The summed E-state index contributed by atoms with van der Waals surface area (Å²) in [7, 11) is 0. The first-order valence-electron chi connectivity index (χ1n) is 9.43. The van der Waals surface area contributed by atoms with Gasteiger partial charge in [-0.25, -0.2) is 9.37 Å². The van der Waals surface area contributed by atoms with Gasteiger partial charge in [0, 0.05) is 23.6 Å². The molecule has 0 aliphatic heterocycles. The summed E-state index contributed by atoms with van der Waals surface area (Å²) < 4.78 is 16.0. The zero-order valence-electron chi connectivity index (χ0n) is 17.2. The second-order valence-corrected chi connectivity index (χ2v) is 5.98. The maximum atomic E-state index is 14.2. The van der Waals surface area contributed by atoms with Crippen LogP contribution in [0, 0.1) is 5.82 Å². The van der Waals surface area contributed by atoms with Gasteiger partial charge in [0.05, 0.1) is 16.9 Å². The van der Waals surface area contributed by atoms with E-state index in [-0.39, 0.29) is 11.3 Å². The minimum Gasteiger partial charge on any atom is -0.508 e. The van der Waals surface area contributed by atoms with E-state index in [1.807, 2.05) is 37.2 Å². The van der Waals surface area contributed by atoms with Gasteiger partial charge in [-0.3, -0.25) is 9.20 Å². The maximum absolute atomic E-state index is 14.2. The molecule has 2 aromatic carbocycles. The highest BCUT2D eigenvalue weighted by molar-refractivity contribution is 5.93. The van der Waals surface area contributed by atoms with Crippen LogP contribution in [-0.2, 0) is 4.79 Å². The molecule has 0 bridgehead atoms. The Kier molecular flexibility index (Phi) is 7.85. The number of aromatic nitrogens is 2. The number of primary amides is 1. The van der Waals surface area contributed by atoms with Crippen LogP contribution in [0.25, 0.3) is 16.9 Å². The molecule has 8 heteroatoms. The van der Waals surface area contributed by atoms with Crippen molar-refractivity contribution in [2.75, 3.05) is 5.32 Å². The van der Waals surface area contributed by atoms with Gasteiger partial charge >= 0.3 is 0 Å². The van der Waals surface area contributed by atoms with E-state index < -0.39 is 11.7 Å². The molecule has 1 amide bonds. The van der Waals surface area contributed by atoms with Gasteiger partial charge in [-0.1, -0.05) is 19.9 Å². The Balaban J connectivity index is 0.000000807. The van der Waals surface area contributed by atoms with Crippen molar-refractivity contribution in [3.63, 3.8) is 0 Å². The SMILES string of the molecule is C=O.CC.NC(=O)c1ccc(-c2ccc(Nc3ccc(O)cc3)c3nccn23)cc1F. The Morgan fingerprint density at radius 3 is 2.39 bits per heavy atom. The fourth-order valence-corrected chi connectivity index (χ4v) is 2.92. The number of amides is 1. The molecular weight excluding hydrogens is 399 g/mol. The topological polar surface area (TPSA) is 110 Å². The number of carbonyl (C=O) groups excluding carboxylic acids is 2. The number of imidazole rings is 1. The number of benzene rings is 2. The number of pyridine rings is 1. The van der Waals surface area contributed by atoms with Crippen LogP contribution in [-0.4, -0.2) is 27.2 Å². The molecule has 2 heterocycles. The lowest BCUT2D eigenvalue weighted by Gasteiger charge is -2.12. The van der Waals surface area contributed by atoms with Crippen molar-refractivity contribution in [2.45, 2.75) is 13.8 Å². The third-order valence-electron chi connectivity index (χ3n) is 4.23. The molecular formula is C23H23FN4O3. The number of fused-ring (bicyclic) bond motifs is 1. The number of phenols is 1. The third kappa shape index (κ3) is 5.05. The molecule has 0 fully saturated rings. The summed E-state index contributed by atoms with van der Waals surface area (Å²) in [4.78, 5) is 23.6. The lowest BCUT2D eigenvalue weighted by molar-refractivity contribution is -0.0980. The normalized spacial score (nSPS) is 9.77. The average Bonchev–Trinajstić information content (AvgIpc) is 3.28. The van der Waals surface area contributed by atoms with Crippen LogP contribution in [0.4, 0.5) is 15.8 Å². The van der Waals surface area contributed by atoms with Crippen LogP contribution in [0.1, 0.15) is 24.2 Å². The van der Waals surface area contributed by atoms with Crippen molar-refractivity contribution in [1.29, 1.82) is 0 Å². The van der Waals surface area contributed by atoms with E-state index in [4.69, 9.17) is 10.5 Å². The minimum atomic E-state index is -0.805. The fraction of sp³-hybridized carbons (Fsp3) is 0.0870. The van der Waals surface area contributed by atoms with E-state index in [2.05, 4.69) is 10.3 Å². The van der Waals surface area contributed by atoms with Gasteiger partial charge in [0.1, 0.15) is 18.4 Å². The Morgan fingerprint density at radius 2 is 1.77 bits per heavy atom. The summed E-state index contributed by atoms with van der Waals surface area (Å²) in [6, 6.07) is 14.6. The predicted octanol–water partition coefficient (Wildman–Crippen LogP) is 4.53. The average molecular weight is 422 g/mol. The van der Waals surface area contributed by atoms with Gasteiger partial charge in [-0.05, 0) is 48.5 Å². The number of nitrogens with two attached hydrogens (primary N) is 1. The zero-order valence-corrected chi connectivity index (χ0v) is 17.2. The van der Waals surface area contributed by atoms with Crippen LogP contribution >= 0.6 is 0 Å². The number of hydrogen-bond donors (Lipinski definition) is 3. The summed E-state index contributed by atoms with van der Waals surface area (Å²) in [5.74, 6) is -1.29. The lowest BCUT2D eigenvalue weighted by atomic mass is 10.1. The first kappa shape index (κ1) is 23.1. The molecule has 0 unspecified atom stereocenters. The van der Waals surface area contributed by atoms with E-state index in [1.165, 1.54) is 12.1 Å². The highest BCUT2D eigenvalue weighted by atomic mass is 19.1. The second kappa shape index (κ2) is 10.5. The molecule has 31 heavy (non-hydrogen) atoms. The summed E-state index contributed by atoms with van der Waals surface area (Å²) in [5.41, 5.74) is 8.53. The van der Waals surface area contributed by atoms with Gasteiger partial charge in [-0.15, -0.1) is 0 Å². The van der Waals surface area contributed by atoms with Crippen molar-refractivity contribution < 1.29 is 19.1 Å². The standard InChI is InChI=1S/C20H15FN4O2.C2H6.CH2O/c21-16-11-12(1-6-15(16)19(22)27)18-8-7-17(20-23-9-10-25(18)20)24-13-2-4-14(26)5-3-13;2*1-2/h1-11,24,26H,(H2,22,27);1-2H3;1H2. The van der Waals surface area contributed by atoms with E-state index in [0.717, 1.165) is 11.4 Å². The Labute approximate surface area is 179 Å². The number of halogens is 1. The van der Waals surface area contributed by atoms with Gasteiger partial charge in [0.25, 0.3) is 5.91 Å². The van der Waals surface area contributed by atoms with Crippen molar-refractivity contribution in [3.8, 4) is 17.0 Å². The number of phenolic OH excluding ortho intramolecular Hbond substituents is 1. The first-order chi connectivity index (χ1) is 15.0. The van der Waals surface area contributed by atoms with Crippen LogP contribution in [0.2, 0.25) is 0 Å². The molecule has 0 spiro atoms.